The van der Waals surface area contributed by atoms with Crippen LogP contribution in [0.1, 0.15) is 12.5 Å². The minimum Gasteiger partial charge on any atom is -0.508 e. The normalized spacial score (nSPS) is 12.8. The van der Waals surface area contributed by atoms with Crippen molar-refractivity contribution >= 4 is 0 Å². The van der Waals surface area contributed by atoms with Crippen molar-refractivity contribution < 1.29 is 15.3 Å². The van der Waals surface area contributed by atoms with Crippen molar-refractivity contribution in [3.63, 3.8) is 0 Å². The number of hydrogen-bond acceptors (Lipinski definition) is 3. The van der Waals surface area contributed by atoms with Gasteiger partial charge in [-0.25, -0.2) is 0 Å². The van der Waals surface area contributed by atoms with Crippen LogP contribution in [0, 0.1) is 0 Å². The highest BCUT2D eigenvalue weighted by Crippen LogP contribution is 2.22. The van der Waals surface area contributed by atoms with Crippen LogP contribution in [0.2, 0.25) is 0 Å². The van der Waals surface area contributed by atoms with Crippen LogP contribution in [0.25, 0.3) is 0 Å². The molecule has 0 fully saturated rings. The molecule has 3 nitrogen and oxygen atoms in total. The van der Waals surface area contributed by atoms with E-state index >= 15 is 0 Å². The number of aliphatic hydroxyl groups is 1. The summed E-state index contributed by atoms with van der Waals surface area (Å²) >= 11 is 0. The number of aliphatic hydroxyl groups excluding tert-OH is 1. The molecular weight excluding hydrogens is 156 g/mol. The van der Waals surface area contributed by atoms with E-state index in [4.69, 9.17) is 10.2 Å². The molecule has 0 aromatic heterocycles. The zero-order valence-corrected chi connectivity index (χ0v) is 6.86. The monoisotopic (exact) mass is 168 g/mol. The van der Waals surface area contributed by atoms with E-state index in [1.807, 2.05) is 0 Å². The maximum atomic E-state index is 9.26. The molecule has 0 heterocycles. The lowest BCUT2D eigenvalue weighted by atomic mass is 10.1. The highest BCUT2D eigenvalue weighted by atomic mass is 16.3. The smallest absolute Gasteiger partial charge is 0.119 e. The molecule has 1 aromatic carbocycles. The van der Waals surface area contributed by atoms with Gasteiger partial charge in [0, 0.05) is 12.0 Å². The number of hydrogen-bond donors (Lipinski definition) is 3. The summed E-state index contributed by atoms with van der Waals surface area (Å²) < 4.78 is 0. The Morgan fingerprint density at radius 1 is 1.33 bits per heavy atom. The predicted molar refractivity (Wildman–Crippen MR) is 45.2 cm³/mol. The first-order valence-corrected chi connectivity index (χ1v) is 3.78. The molecule has 0 aliphatic carbocycles. The Labute approximate surface area is 70.9 Å². The summed E-state index contributed by atoms with van der Waals surface area (Å²) in [5, 5.41) is 27.3. The van der Waals surface area contributed by atoms with Gasteiger partial charge < -0.3 is 15.3 Å². The molecule has 3 N–H and O–H groups in total. The molecule has 0 saturated carbocycles. The fourth-order valence-corrected chi connectivity index (χ4v) is 1.05. The van der Waals surface area contributed by atoms with Crippen LogP contribution in [-0.4, -0.2) is 21.4 Å². The lowest BCUT2D eigenvalue weighted by Crippen LogP contribution is -2.03. The Morgan fingerprint density at radius 2 is 2.00 bits per heavy atom. The van der Waals surface area contributed by atoms with Crippen LogP contribution < -0.4 is 0 Å². The van der Waals surface area contributed by atoms with E-state index in [0.717, 1.165) is 0 Å². The second kappa shape index (κ2) is 3.45. The van der Waals surface area contributed by atoms with Crippen molar-refractivity contribution in [3.05, 3.63) is 23.8 Å². The van der Waals surface area contributed by atoms with Gasteiger partial charge in [-0.1, -0.05) is 0 Å². The van der Waals surface area contributed by atoms with Crippen LogP contribution in [0.15, 0.2) is 18.2 Å². The van der Waals surface area contributed by atoms with E-state index in [9.17, 15) is 5.11 Å². The van der Waals surface area contributed by atoms with E-state index in [0.29, 0.717) is 12.0 Å². The summed E-state index contributed by atoms with van der Waals surface area (Å²) in [6, 6.07) is 4.26. The Bertz CT molecular complexity index is 268. The third-order valence-electron chi connectivity index (χ3n) is 1.58. The molecule has 66 valence electrons. The van der Waals surface area contributed by atoms with E-state index < -0.39 is 6.10 Å². The van der Waals surface area contributed by atoms with Crippen molar-refractivity contribution in [1.29, 1.82) is 0 Å². The lowest BCUT2D eigenvalue weighted by Gasteiger charge is -2.06. The average Bonchev–Trinajstić information content (AvgIpc) is 1.96. The second-order valence-corrected chi connectivity index (χ2v) is 2.87. The number of phenolic OH excluding ortho intramolecular Hbond substituents is 2. The first kappa shape index (κ1) is 8.87. The molecule has 1 aromatic rings. The molecule has 0 bridgehead atoms. The minimum atomic E-state index is -0.516. The molecule has 0 aliphatic rings. The van der Waals surface area contributed by atoms with Gasteiger partial charge in [-0.15, -0.1) is 0 Å². The number of rotatable bonds is 2. The van der Waals surface area contributed by atoms with Gasteiger partial charge in [-0.05, 0) is 25.1 Å². The highest BCUT2D eigenvalue weighted by molar-refractivity contribution is 5.38. The van der Waals surface area contributed by atoms with Crippen LogP contribution in [0.4, 0.5) is 0 Å². The lowest BCUT2D eigenvalue weighted by molar-refractivity contribution is 0.194. The second-order valence-electron chi connectivity index (χ2n) is 2.87. The van der Waals surface area contributed by atoms with Gasteiger partial charge in [-0.3, -0.25) is 0 Å². The van der Waals surface area contributed by atoms with E-state index in [1.54, 1.807) is 6.92 Å². The Kier molecular flexibility index (Phi) is 2.55. The fraction of sp³-hybridized carbons (Fsp3) is 0.333. The largest absolute Gasteiger partial charge is 0.508 e. The van der Waals surface area contributed by atoms with Crippen molar-refractivity contribution in [3.8, 4) is 11.5 Å². The molecule has 0 amide bonds. The van der Waals surface area contributed by atoms with E-state index in [1.165, 1.54) is 18.2 Å². The zero-order chi connectivity index (χ0) is 9.14. The summed E-state index contributed by atoms with van der Waals surface area (Å²) in [4.78, 5) is 0. The standard InChI is InChI=1S/C9H12O3/c1-6(10)4-7-5-8(11)2-3-9(7)12/h2-3,5-6,10-12H,4H2,1H3/t6-/m0/s1. The van der Waals surface area contributed by atoms with E-state index in [-0.39, 0.29) is 11.5 Å². The summed E-state index contributed by atoms with van der Waals surface area (Å²) in [7, 11) is 0. The molecule has 0 radical (unpaired) electrons. The molecule has 3 heteroatoms. The first-order chi connectivity index (χ1) is 5.59. The van der Waals surface area contributed by atoms with Crippen molar-refractivity contribution in [2.45, 2.75) is 19.4 Å². The Morgan fingerprint density at radius 3 is 2.58 bits per heavy atom. The van der Waals surface area contributed by atoms with Crippen molar-refractivity contribution in [1.82, 2.24) is 0 Å². The number of phenols is 2. The molecule has 1 rings (SSSR count). The highest BCUT2D eigenvalue weighted by Gasteiger charge is 2.05. The third kappa shape index (κ3) is 2.13. The molecule has 0 aliphatic heterocycles. The SMILES string of the molecule is C[C@H](O)Cc1cc(O)ccc1O. The van der Waals surface area contributed by atoms with Gasteiger partial charge in [0.25, 0.3) is 0 Å². The van der Waals surface area contributed by atoms with Crippen LogP contribution in [0.3, 0.4) is 0 Å². The molecule has 0 unspecified atom stereocenters. The van der Waals surface area contributed by atoms with Gasteiger partial charge in [0.05, 0.1) is 6.10 Å². The zero-order valence-electron chi connectivity index (χ0n) is 6.86. The Balaban J connectivity index is 2.90. The average molecular weight is 168 g/mol. The van der Waals surface area contributed by atoms with Gasteiger partial charge in [0.1, 0.15) is 11.5 Å². The molecule has 12 heavy (non-hydrogen) atoms. The summed E-state index contributed by atoms with van der Waals surface area (Å²) in [6.45, 7) is 1.63. The topological polar surface area (TPSA) is 60.7 Å². The van der Waals surface area contributed by atoms with Crippen LogP contribution in [-0.2, 0) is 6.42 Å². The van der Waals surface area contributed by atoms with Gasteiger partial charge in [0.2, 0.25) is 0 Å². The van der Waals surface area contributed by atoms with Crippen LogP contribution >= 0.6 is 0 Å². The predicted octanol–water partition coefficient (Wildman–Crippen LogP) is 1.02. The molecule has 0 saturated heterocycles. The van der Waals surface area contributed by atoms with Gasteiger partial charge in [0.15, 0.2) is 0 Å². The van der Waals surface area contributed by atoms with Crippen molar-refractivity contribution in [2.75, 3.05) is 0 Å². The number of benzene rings is 1. The fourth-order valence-electron chi connectivity index (χ4n) is 1.05. The molecule has 1 atom stereocenters. The summed E-state index contributed by atoms with van der Waals surface area (Å²) in [5.74, 6) is 0.206. The van der Waals surface area contributed by atoms with Crippen LogP contribution in [0.5, 0.6) is 11.5 Å². The maximum Gasteiger partial charge on any atom is 0.119 e. The summed E-state index contributed by atoms with van der Waals surface area (Å²) in [5.41, 5.74) is 0.560. The quantitative estimate of drug-likeness (QED) is 0.578. The number of aromatic hydroxyl groups is 2. The summed E-state index contributed by atoms with van der Waals surface area (Å²) in [6.07, 6.45) is -0.169. The maximum absolute atomic E-state index is 9.26. The van der Waals surface area contributed by atoms with Gasteiger partial charge >= 0.3 is 0 Å². The molecule has 0 spiro atoms. The van der Waals surface area contributed by atoms with Crippen molar-refractivity contribution in [2.24, 2.45) is 0 Å². The molecular formula is C9H12O3. The Hall–Kier alpha value is -1.22. The minimum absolute atomic E-state index is 0.100. The van der Waals surface area contributed by atoms with Gasteiger partial charge in [-0.2, -0.15) is 0 Å². The third-order valence-corrected chi connectivity index (χ3v) is 1.58. The van der Waals surface area contributed by atoms with E-state index in [2.05, 4.69) is 0 Å². The first-order valence-electron chi connectivity index (χ1n) is 3.78.